The molecule has 0 bridgehead atoms. The average Bonchev–Trinajstić information content (AvgIpc) is 2.39. The highest BCUT2D eigenvalue weighted by Gasteiger charge is 2.18. The van der Waals surface area contributed by atoms with Gasteiger partial charge >= 0.3 is 0 Å². The van der Waals surface area contributed by atoms with Gasteiger partial charge < -0.3 is 15.7 Å². The van der Waals surface area contributed by atoms with Gasteiger partial charge in [-0.3, -0.25) is 0 Å². The minimum atomic E-state index is 0.131. The van der Waals surface area contributed by atoms with Gasteiger partial charge in [-0.2, -0.15) is 0 Å². The molecule has 0 spiro atoms. The number of aliphatic hydroxyl groups excluding tert-OH is 1. The SMILES string of the molecule is CCNc1nc(C)nc(NCC(C)(C)CCCO)c1C. The number of anilines is 2. The van der Waals surface area contributed by atoms with E-state index in [9.17, 15) is 0 Å². The van der Waals surface area contributed by atoms with Crippen LogP contribution >= 0.6 is 0 Å². The Kier molecular flexibility index (Phi) is 6.20. The fraction of sp³-hybridized carbons (Fsp3) is 0.733. The normalized spacial score (nSPS) is 11.5. The molecule has 1 heterocycles. The van der Waals surface area contributed by atoms with Crippen LogP contribution in [-0.2, 0) is 0 Å². The third kappa shape index (κ3) is 4.96. The molecule has 0 amide bonds. The molecule has 0 radical (unpaired) electrons. The number of hydrogen-bond donors (Lipinski definition) is 3. The largest absolute Gasteiger partial charge is 0.396 e. The molecule has 3 N–H and O–H groups in total. The van der Waals surface area contributed by atoms with Gasteiger partial charge in [-0.15, -0.1) is 0 Å². The first kappa shape index (κ1) is 16.7. The predicted molar refractivity (Wildman–Crippen MR) is 84.3 cm³/mol. The summed E-state index contributed by atoms with van der Waals surface area (Å²) in [6.45, 7) is 12.3. The molecular formula is C15H28N4O. The summed E-state index contributed by atoms with van der Waals surface area (Å²) in [5.74, 6) is 2.56. The molecule has 0 aliphatic rings. The van der Waals surface area contributed by atoms with Crippen molar-refractivity contribution in [3.05, 3.63) is 11.4 Å². The van der Waals surface area contributed by atoms with Crippen LogP contribution < -0.4 is 10.6 Å². The number of nitrogens with one attached hydrogen (secondary N) is 2. The van der Waals surface area contributed by atoms with Gasteiger partial charge in [-0.05, 0) is 39.0 Å². The zero-order chi connectivity index (χ0) is 15.2. The van der Waals surface area contributed by atoms with E-state index >= 15 is 0 Å². The lowest BCUT2D eigenvalue weighted by Gasteiger charge is -2.25. The van der Waals surface area contributed by atoms with Crippen LogP contribution in [0.4, 0.5) is 11.6 Å². The van der Waals surface area contributed by atoms with Crippen LogP contribution in [0.1, 0.15) is 45.0 Å². The lowest BCUT2D eigenvalue weighted by atomic mass is 9.88. The molecule has 0 aliphatic heterocycles. The first-order valence-electron chi connectivity index (χ1n) is 7.33. The Morgan fingerprint density at radius 1 is 1.10 bits per heavy atom. The van der Waals surface area contributed by atoms with Crippen LogP contribution in [-0.4, -0.2) is 34.8 Å². The maximum atomic E-state index is 8.94. The van der Waals surface area contributed by atoms with E-state index in [1.807, 2.05) is 13.8 Å². The smallest absolute Gasteiger partial charge is 0.134 e. The van der Waals surface area contributed by atoms with E-state index < -0.39 is 0 Å². The summed E-state index contributed by atoms with van der Waals surface area (Å²) in [5.41, 5.74) is 1.18. The Balaban J connectivity index is 2.77. The first-order chi connectivity index (χ1) is 9.39. The number of hydrogen-bond acceptors (Lipinski definition) is 5. The van der Waals surface area contributed by atoms with Gasteiger partial charge in [0, 0.05) is 25.3 Å². The molecule has 0 aromatic carbocycles. The van der Waals surface area contributed by atoms with E-state index in [2.05, 4.69) is 41.4 Å². The third-order valence-corrected chi connectivity index (χ3v) is 3.35. The second-order valence-corrected chi connectivity index (χ2v) is 5.97. The molecule has 0 unspecified atom stereocenters. The van der Waals surface area contributed by atoms with Crippen molar-refractivity contribution >= 4 is 11.6 Å². The van der Waals surface area contributed by atoms with Gasteiger partial charge in [0.25, 0.3) is 0 Å². The molecular weight excluding hydrogens is 252 g/mol. The standard InChI is InChI=1S/C15H28N4O/c1-6-16-13-11(2)14(19-12(3)18-13)17-10-15(4,5)8-7-9-20/h20H,6-10H2,1-5H3,(H2,16,17,18,19). The van der Waals surface area contributed by atoms with Gasteiger partial charge in [0.2, 0.25) is 0 Å². The zero-order valence-electron chi connectivity index (χ0n) is 13.4. The number of aryl methyl sites for hydroxylation is 1. The molecule has 5 heteroatoms. The molecule has 0 saturated carbocycles. The lowest BCUT2D eigenvalue weighted by Crippen LogP contribution is -2.24. The van der Waals surface area contributed by atoms with E-state index in [-0.39, 0.29) is 12.0 Å². The van der Waals surface area contributed by atoms with Crippen molar-refractivity contribution in [1.29, 1.82) is 0 Å². The summed E-state index contributed by atoms with van der Waals surface area (Å²) in [7, 11) is 0. The van der Waals surface area contributed by atoms with Crippen molar-refractivity contribution in [2.75, 3.05) is 30.3 Å². The van der Waals surface area contributed by atoms with E-state index in [1.54, 1.807) is 0 Å². The molecule has 0 saturated heterocycles. The van der Waals surface area contributed by atoms with Crippen molar-refractivity contribution < 1.29 is 5.11 Å². The van der Waals surface area contributed by atoms with Crippen molar-refractivity contribution in [3.8, 4) is 0 Å². The van der Waals surface area contributed by atoms with E-state index in [0.29, 0.717) is 0 Å². The van der Waals surface area contributed by atoms with Gasteiger partial charge in [0.1, 0.15) is 17.5 Å². The highest BCUT2D eigenvalue weighted by molar-refractivity contribution is 5.57. The van der Waals surface area contributed by atoms with Crippen LogP contribution in [0.5, 0.6) is 0 Å². The van der Waals surface area contributed by atoms with Gasteiger partial charge in [-0.25, -0.2) is 9.97 Å². The summed E-state index contributed by atoms with van der Waals surface area (Å²) in [5, 5.41) is 15.6. The van der Waals surface area contributed by atoms with Gasteiger partial charge in [0.05, 0.1) is 0 Å². The lowest BCUT2D eigenvalue weighted by molar-refractivity contribution is 0.248. The Morgan fingerprint density at radius 2 is 1.70 bits per heavy atom. The number of aliphatic hydroxyl groups is 1. The fourth-order valence-electron chi connectivity index (χ4n) is 2.11. The maximum absolute atomic E-state index is 8.94. The molecule has 114 valence electrons. The Morgan fingerprint density at radius 3 is 2.25 bits per heavy atom. The van der Waals surface area contributed by atoms with Crippen molar-refractivity contribution in [3.63, 3.8) is 0 Å². The van der Waals surface area contributed by atoms with Crippen LogP contribution in [0, 0.1) is 19.3 Å². The highest BCUT2D eigenvalue weighted by Crippen LogP contribution is 2.25. The Labute approximate surface area is 122 Å². The van der Waals surface area contributed by atoms with Gasteiger partial charge in [0.15, 0.2) is 0 Å². The number of aromatic nitrogens is 2. The topological polar surface area (TPSA) is 70.1 Å². The third-order valence-electron chi connectivity index (χ3n) is 3.35. The van der Waals surface area contributed by atoms with E-state index in [1.165, 1.54) is 0 Å². The molecule has 20 heavy (non-hydrogen) atoms. The van der Waals surface area contributed by atoms with Crippen molar-refractivity contribution in [2.45, 2.75) is 47.5 Å². The van der Waals surface area contributed by atoms with Crippen LogP contribution in [0.2, 0.25) is 0 Å². The van der Waals surface area contributed by atoms with Crippen molar-refractivity contribution in [1.82, 2.24) is 9.97 Å². The predicted octanol–water partition coefficient (Wildman–Crippen LogP) is 2.74. The minimum Gasteiger partial charge on any atom is -0.396 e. The zero-order valence-corrected chi connectivity index (χ0v) is 13.4. The van der Waals surface area contributed by atoms with Crippen molar-refractivity contribution in [2.24, 2.45) is 5.41 Å². The second kappa shape index (κ2) is 7.43. The first-order valence-corrected chi connectivity index (χ1v) is 7.33. The highest BCUT2D eigenvalue weighted by atomic mass is 16.2. The summed E-state index contributed by atoms with van der Waals surface area (Å²) < 4.78 is 0. The maximum Gasteiger partial charge on any atom is 0.134 e. The molecule has 1 aromatic heterocycles. The monoisotopic (exact) mass is 280 g/mol. The summed E-state index contributed by atoms with van der Waals surface area (Å²) in [6, 6.07) is 0. The summed E-state index contributed by atoms with van der Waals surface area (Å²) in [6.07, 6.45) is 1.82. The number of rotatable bonds is 8. The molecule has 0 atom stereocenters. The van der Waals surface area contributed by atoms with Crippen LogP contribution in [0.15, 0.2) is 0 Å². The van der Waals surface area contributed by atoms with E-state index in [4.69, 9.17) is 5.11 Å². The van der Waals surface area contributed by atoms with Gasteiger partial charge in [-0.1, -0.05) is 13.8 Å². The second-order valence-electron chi connectivity index (χ2n) is 5.97. The van der Waals surface area contributed by atoms with E-state index in [0.717, 1.165) is 49.0 Å². The molecule has 1 aromatic rings. The average molecular weight is 280 g/mol. The number of nitrogens with zero attached hydrogens (tertiary/aromatic N) is 2. The fourth-order valence-corrected chi connectivity index (χ4v) is 2.11. The molecule has 1 rings (SSSR count). The van der Waals surface area contributed by atoms with Crippen LogP contribution in [0.25, 0.3) is 0 Å². The Bertz CT molecular complexity index is 432. The quantitative estimate of drug-likeness (QED) is 0.683. The minimum absolute atomic E-state index is 0.131. The summed E-state index contributed by atoms with van der Waals surface area (Å²) >= 11 is 0. The summed E-state index contributed by atoms with van der Waals surface area (Å²) in [4.78, 5) is 8.91. The molecule has 5 nitrogen and oxygen atoms in total. The Hall–Kier alpha value is -1.36. The molecule has 0 fully saturated rings. The molecule has 0 aliphatic carbocycles. The van der Waals surface area contributed by atoms with Crippen LogP contribution in [0.3, 0.4) is 0 Å².